The van der Waals surface area contributed by atoms with Crippen molar-refractivity contribution in [3.05, 3.63) is 34.4 Å². The number of allylic oxidation sites excluding steroid dienone is 5. The van der Waals surface area contributed by atoms with Crippen molar-refractivity contribution in [2.75, 3.05) is 6.61 Å². The van der Waals surface area contributed by atoms with Crippen molar-refractivity contribution in [3.8, 4) is 0 Å². The third-order valence-corrected chi connectivity index (χ3v) is 3.33. The van der Waals surface area contributed by atoms with Crippen LogP contribution in [0.5, 0.6) is 0 Å². The van der Waals surface area contributed by atoms with Gasteiger partial charge in [0.25, 0.3) is 0 Å². The van der Waals surface area contributed by atoms with Crippen LogP contribution in [0.25, 0.3) is 0 Å². The summed E-state index contributed by atoms with van der Waals surface area (Å²) < 4.78 is 4.90. The monoisotopic (exact) mass is 264 g/mol. The van der Waals surface area contributed by atoms with Crippen LogP contribution < -0.4 is 0 Å². The van der Waals surface area contributed by atoms with Crippen molar-refractivity contribution in [2.24, 2.45) is 5.92 Å². The lowest BCUT2D eigenvalue weighted by atomic mass is 9.92. The Morgan fingerprint density at radius 1 is 1.11 bits per heavy atom. The van der Waals surface area contributed by atoms with Gasteiger partial charge in [0.05, 0.1) is 6.61 Å². The Hall–Kier alpha value is -1.31. The zero-order valence-corrected chi connectivity index (χ0v) is 13.5. The second-order valence-corrected chi connectivity index (χ2v) is 5.41. The van der Waals surface area contributed by atoms with Gasteiger partial charge in [-0.1, -0.05) is 29.7 Å². The number of hydrogen-bond acceptors (Lipinski definition) is 2. The van der Waals surface area contributed by atoms with Gasteiger partial charge < -0.3 is 4.74 Å². The van der Waals surface area contributed by atoms with E-state index in [1.165, 1.54) is 16.7 Å². The van der Waals surface area contributed by atoms with E-state index in [1.54, 1.807) is 6.08 Å². The molecule has 2 nitrogen and oxygen atoms in total. The van der Waals surface area contributed by atoms with E-state index in [1.807, 2.05) is 13.8 Å². The van der Waals surface area contributed by atoms with E-state index >= 15 is 0 Å². The number of carbonyl (C=O) groups excluding carboxylic acids is 1. The van der Waals surface area contributed by atoms with Crippen molar-refractivity contribution in [3.63, 3.8) is 0 Å². The molecule has 0 bridgehead atoms. The van der Waals surface area contributed by atoms with Crippen LogP contribution in [0.3, 0.4) is 0 Å². The molecule has 19 heavy (non-hydrogen) atoms. The number of hydrogen-bond donors (Lipinski definition) is 0. The number of esters is 1. The standard InChI is InChI=1S/C17H28O2/c1-8-19-17(18)10-13(4)9-15(6)16(7)11-14(5)12(2)3/h9-10,16H,8,11H2,1-7H3/b13-10+,15-9+. The molecular weight excluding hydrogens is 236 g/mol. The maximum atomic E-state index is 11.3. The lowest BCUT2D eigenvalue weighted by Crippen LogP contribution is -2.01. The Morgan fingerprint density at radius 3 is 2.16 bits per heavy atom. The summed E-state index contributed by atoms with van der Waals surface area (Å²) in [5.41, 5.74) is 5.06. The van der Waals surface area contributed by atoms with Crippen LogP contribution in [0.15, 0.2) is 34.4 Å². The molecule has 1 unspecified atom stereocenters. The van der Waals surface area contributed by atoms with E-state index in [0.717, 1.165) is 12.0 Å². The summed E-state index contributed by atoms with van der Waals surface area (Å²) >= 11 is 0. The summed E-state index contributed by atoms with van der Waals surface area (Å²) in [6.07, 6.45) is 4.69. The maximum Gasteiger partial charge on any atom is 0.330 e. The fourth-order valence-electron chi connectivity index (χ4n) is 1.74. The Bertz CT molecular complexity index is 393. The first-order valence-corrected chi connectivity index (χ1v) is 6.94. The van der Waals surface area contributed by atoms with Gasteiger partial charge in [0.1, 0.15) is 0 Å². The predicted molar refractivity (Wildman–Crippen MR) is 82.0 cm³/mol. The molecule has 0 radical (unpaired) electrons. The zero-order chi connectivity index (χ0) is 15.0. The molecule has 0 saturated carbocycles. The van der Waals surface area contributed by atoms with Gasteiger partial charge in [-0.25, -0.2) is 4.79 Å². The fourth-order valence-corrected chi connectivity index (χ4v) is 1.74. The Kier molecular flexibility index (Phi) is 8.13. The Balaban J connectivity index is 4.71. The molecule has 0 N–H and O–H groups in total. The van der Waals surface area contributed by atoms with Crippen LogP contribution in [-0.2, 0) is 9.53 Å². The van der Waals surface area contributed by atoms with E-state index in [4.69, 9.17) is 4.74 Å². The smallest absolute Gasteiger partial charge is 0.330 e. The van der Waals surface area contributed by atoms with Crippen LogP contribution in [-0.4, -0.2) is 12.6 Å². The highest BCUT2D eigenvalue weighted by atomic mass is 16.5. The van der Waals surface area contributed by atoms with Crippen LogP contribution in [0, 0.1) is 5.92 Å². The average molecular weight is 264 g/mol. The van der Waals surface area contributed by atoms with Gasteiger partial charge in [0.15, 0.2) is 0 Å². The predicted octanol–water partition coefficient (Wildman–Crippen LogP) is 4.82. The molecule has 108 valence electrons. The van der Waals surface area contributed by atoms with E-state index in [9.17, 15) is 4.79 Å². The molecule has 0 heterocycles. The van der Waals surface area contributed by atoms with Crippen LogP contribution in [0.1, 0.15) is 54.9 Å². The molecule has 0 aromatic rings. The molecule has 0 rings (SSSR count). The van der Waals surface area contributed by atoms with Crippen LogP contribution >= 0.6 is 0 Å². The van der Waals surface area contributed by atoms with Gasteiger partial charge >= 0.3 is 5.97 Å². The van der Waals surface area contributed by atoms with E-state index in [0.29, 0.717) is 12.5 Å². The summed E-state index contributed by atoms with van der Waals surface area (Å²) in [4.78, 5) is 11.3. The molecule has 0 aromatic heterocycles. The highest BCUT2D eigenvalue weighted by molar-refractivity contribution is 5.83. The number of carbonyl (C=O) groups is 1. The minimum absolute atomic E-state index is 0.266. The molecule has 0 aliphatic heterocycles. The molecule has 0 fully saturated rings. The SMILES string of the molecule is CCOC(=O)/C=C(C)/C=C(\C)C(C)CC(C)=C(C)C. The molecule has 1 atom stereocenters. The van der Waals surface area contributed by atoms with E-state index < -0.39 is 0 Å². The highest BCUT2D eigenvalue weighted by Gasteiger charge is 2.06. The summed E-state index contributed by atoms with van der Waals surface area (Å²) in [5, 5.41) is 0. The molecule has 0 saturated heterocycles. The van der Waals surface area contributed by atoms with Gasteiger partial charge in [0.2, 0.25) is 0 Å². The van der Waals surface area contributed by atoms with Crippen molar-refractivity contribution < 1.29 is 9.53 Å². The molecule has 0 aromatic carbocycles. The quantitative estimate of drug-likeness (QED) is 0.297. The second-order valence-electron chi connectivity index (χ2n) is 5.41. The molecular formula is C17H28O2. The van der Waals surface area contributed by atoms with Gasteiger partial charge in [0, 0.05) is 6.08 Å². The summed E-state index contributed by atoms with van der Waals surface area (Å²) in [6.45, 7) is 15.0. The third-order valence-electron chi connectivity index (χ3n) is 3.33. The Morgan fingerprint density at radius 2 is 1.68 bits per heavy atom. The van der Waals surface area contributed by atoms with Gasteiger partial charge in [-0.3, -0.25) is 0 Å². The van der Waals surface area contributed by atoms with Gasteiger partial charge in [-0.05, 0) is 59.5 Å². The van der Waals surface area contributed by atoms with Crippen molar-refractivity contribution >= 4 is 5.97 Å². The summed E-state index contributed by atoms with van der Waals surface area (Å²) in [6, 6.07) is 0. The molecule has 0 amide bonds. The summed E-state index contributed by atoms with van der Waals surface area (Å²) in [7, 11) is 0. The van der Waals surface area contributed by atoms with E-state index in [-0.39, 0.29) is 5.97 Å². The fraction of sp³-hybridized carbons (Fsp3) is 0.588. The topological polar surface area (TPSA) is 26.3 Å². The highest BCUT2D eigenvalue weighted by Crippen LogP contribution is 2.22. The van der Waals surface area contributed by atoms with Gasteiger partial charge in [-0.2, -0.15) is 0 Å². The first-order chi connectivity index (χ1) is 8.77. The Labute approximate surface area is 118 Å². The molecule has 0 aliphatic rings. The lowest BCUT2D eigenvalue weighted by molar-refractivity contribution is -0.137. The normalized spacial score (nSPS) is 14.1. The molecule has 0 spiro atoms. The van der Waals surface area contributed by atoms with Crippen molar-refractivity contribution in [1.29, 1.82) is 0 Å². The zero-order valence-electron chi connectivity index (χ0n) is 13.5. The average Bonchev–Trinajstić information content (AvgIpc) is 2.28. The minimum atomic E-state index is -0.266. The molecule has 2 heteroatoms. The lowest BCUT2D eigenvalue weighted by Gasteiger charge is -2.14. The second kappa shape index (κ2) is 8.73. The van der Waals surface area contributed by atoms with Gasteiger partial charge in [-0.15, -0.1) is 0 Å². The largest absolute Gasteiger partial charge is 0.463 e. The summed E-state index contributed by atoms with van der Waals surface area (Å²) in [5.74, 6) is 0.220. The maximum absolute atomic E-state index is 11.3. The molecule has 0 aliphatic carbocycles. The van der Waals surface area contributed by atoms with Crippen LogP contribution in [0.2, 0.25) is 0 Å². The minimum Gasteiger partial charge on any atom is -0.463 e. The third kappa shape index (κ3) is 7.66. The number of rotatable bonds is 6. The number of ether oxygens (including phenoxy) is 1. The van der Waals surface area contributed by atoms with E-state index in [2.05, 4.69) is 40.7 Å². The van der Waals surface area contributed by atoms with Crippen molar-refractivity contribution in [1.82, 2.24) is 0 Å². The first-order valence-electron chi connectivity index (χ1n) is 6.94. The first kappa shape index (κ1) is 17.7. The van der Waals surface area contributed by atoms with Crippen LogP contribution in [0.4, 0.5) is 0 Å². The van der Waals surface area contributed by atoms with Crippen molar-refractivity contribution in [2.45, 2.75) is 54.9 Å².